The number of benzene rings is 6. The van der Waals surface area contributed by atoms with Gasteiger partial charge < -0.3 is 4.42 Å². The predicted octanol–water partition coefficient (Wildman–Crippen LogP) is 11.2. The zero-order valence-corrected chi connectivity index (χ0v) is 27.2. The van der Waals surface area contributed by atoms with Gasteiger partial charge in [0, 0.05) is 50.6 Å². The largest absolute Gasteiger partial charge is 0.456 e. The lowest BCUT2D eigenvalue weighted by molar-refractivity contribution is 0.669. The normalized spacial score (nSPS) is 11.5. The number of hydrogen-bond acceptors (Lipinski definition) is 6. The van der Waals surface area contributed by atoms with Crippen LogP contribution in [0, 0.1) is 0 Å². The smallest absolute Gasteiger partial charge is 0.164 e. The number of hydrogen-bond donors (Lipinski definition) is 0. The van der Waals surface area contributed by atoms with Crippen molar-refractivity contribution in [2.75, 3.05) is 0 Å². The molecule has 0 bridgehead atoms. The number of rotatable bonds is 5. The molecule has 0 fully saturated rings. The molecule has 10 rings (SSSR count). The third-order valence-electron chi connectivity index (χ3n) is 9.37. The second-order valence-corrected chi connectivity index (χ2v) is 12.6. The van der Waals surface area contributed by atoms with Gasteiger partial charge in [0.15, 0.2) is 17.5 Å². The van der Waals surface area contributed by atoms with Gasteiger partial charge in [0.1, 0.15) is 11.2 Å². The molecule has 0 aliphatic heterocycles. The molecule has 6 heteroatoms. The van der Waals surface area contributed by atoms with Gasteiger partial charge in [0.2, 0.25) is 0 Å². The Labute approximate surface area is 292 Å². The summed E-state index contributed by atoms with van der Waals surface area (Å²) in [5, 5.41) is 4.15. The van der Waals surface area contributed by atoms with E-state index < -0.39 is 0 Å². The highest BCUT2D eigenvalue weighted by Gasteiger charge is 2.19. The number of aromatic nitrogens is 5. The van der Waals surface area contributed by atoms with Gasteiger partial charge in [-0.2, -0.15) is 0 Å². The quantitative estimate of drug-likeness (QED) is 0.184. The van der Waals surface area contributed by atoms with Crippen molar-refractivity contribution >= 4 is 43.7 Å². The molecule has 0 amide bonds. The number of para-hydroxylation sites is 1. The summed E-state index contributed by atoms with van der Waals surface area (Å²) >= 11 is 0. The van der Waals surface area contributed by atoms with Crippen molar-refractivity contribution in [3.63, 3.8) is 0 Å². The second kappa shape index (κ2) is 11.8. The van der Waals surface area contributed by atoms with Crippen LogP contribution >= 0.6 is 0 Å². The summed E-state index contributed by atoms with van der Waals surface area (Å²) in [5.41, 5.74) is 10.4. The summed E-state index contributed by atoms with van der Waals surface area (Å²) in [7, 11) is 0. The first-order chi connectivity index (χ1) is 25.2. The van der Waals surface area contributed by atoms with Crippen molar-refractivity contribution in [2.24, 2.45) is 0 Å². The van der Waals surface area contributed by atoms with Crippen molar-refractivity contribution in [2.45, 2.75) is 0 Å². The van der Waals surface area contributed by atoms with E-state index in [0.29, 0.717) is 17.5 Å². The fraction of sp³-hybridized carbons (Fsp3) is 0. The van der Waals surface area contributed by atoms with Gasteiger partial charge in [-0.3, -0.25) is 9.97 Å². The maximum Gasteiger partial charge on any atom is 0.164 e. The Morgan fingerprint density at radius 2 is 0.961 bits per heavy atom. The topological polar surface area (TPSA) is 77.6 Å². The first kappa shape index (κ1) is 28.9. The molecule has 238 valence electrons. The van der Waals surface area contributed by atoms with Crippen molar-refractivity contribution in [1.29, 1.82) is 0 Å². The highest BCUT2D eigenvalue weighted by molar-refractivity contribution is 6.11. The minimum absolute atomic E-state index is 0.580. The van der Waals surface area contributed by atoms with Crippen molar-refractivity contribution < 1.29 is 4.42 Å². The first-order valence-electron chi connectivity index (χ1n) is 16.8. The van der Waals surface area contributed by atoms with Crippen LogP contribution < -0.4 is 0 Å². The molecule has 0 saturated heterocycles. The van der Waals surface area contributed by atoms with Gasteiger partial charge in [-0.15, -0.1) is 0 Å². The molecule has 6 nitrogen and oxygen atoms in total. The molecule has 51 heavy (non-hydrogen) atoms. The molecule has 4 heterocycles. The average Bonchev–Trinajstić information content (AvgIpc) is 3.59. The lowest BCUT2D eigenvalue weighted by atomic mass is 9.94. The van der Waals surface area contributed by atoms with Crippen LogP contribution in [0.15, 0.2) is 168 Å². The highest BCUT2D eigenvalue weighted by Crippen LogP contribution is 2.38. The van der Waals surface area contributed by atoms with Crippen LogP contribution in [-0.4, -0.2) is 24.9 Å². The van der Waals surface area contributed by atoms with Crippen LogP contribution in [-0.2, 0) is 0 Å². The van der Waals surface area contributed by atoms with E-state index in [0.717, 1.165) is 82.7 Å². The molecule has 0 N–H and O–H groups in total. The van der Waals surface area contributed by atoms with E-state index in [4.69, 9.17) is 19.4 Å². The summed E-state index contributed by atoms with van der Waals surface area (Å²) in [6.07, 6.45) is 3.65. The van der Waals surface area contributed by atoms with E-state index in [1.54, 1.807) is 0 Å². The van der Waals surface area contributed by atoms with Crippen LogP contribution in [0.4, 0.5) is 0 Å². The Bertz CT molecular complexity index is 2840. The molecular weight excluding hydrogens is 627 g/mol. The Balaban J connectivity index is 1.23. The van der Waals surface area contributed by atoms with Crippen LogP contribution in [0.25, 0.3) is 100 Å². The Morgan fingerprint density at radius 3 is 1.67 bits per heavy atom. The Hall–Kier alpha value is -7.05. The number of fused-ring (bicyclic) bond motifs is 5. The third kappa shape index (κ3) is 5.18. The average molecular weight is 654 g/mol. The summed E-state index contributed by atoms with van der Waals surface area (Å²) in [6, 6.07) is 51.7. The molecule has 6 aromatic carbocycles. The first-order valence-corrected chi connectivity index (χ1v) is 16.8. The molecule has 4 aromatic heterocycles. The van der Waals surface area contributed by atoms with Crippen molar-refractivity contribution in [1.82, 2.24) is 24.9 Å². The lowest BCUT2D eigenvalue weighted by Gasteiger charge is -2.13. The molecule has 10 aromatic rings. The van der Waals surface area contributed by atoms with Crippen LogP contribution in [0.5, 0.6) is 0 Å². The molecule has 0 saturated carbocycles. The highest BCUT2D eigenvalue weighted by atomic mass is 16.3. The number of furan rings is 1. The summed E-state index contributed by atoms with van der Waals surface area (Å²) < 4.78 is 6.25. The van der Waals surface area contributed by atoms with Gasteiger partial charge >= 0.3 is 0 Å². The summed E-state index contributed by atoms with van der Waals surface area (Å²) in [6.45, 7) is 0. The van der Waals surface area contributed by atoms with E-state index >= 15 is 0 Å². The molecule has 0 spiro atoms. The van der Waals surface area contributed by atoms with E-state index in [-0.39, 0.29) is 0 Å². The zero-order chi connectivity index (χ0) is 33.7. The maximum atomic E-state index is 6.25. The maximum absolute atomic E-state index is 6.25. The minimum atomic E-state index is 0.580. The fourth-order valence-corrected chi connectivity index (χ4v) is 6.90. The van der Waals surface area contributed by atoms with Crippen molar-refractivity contribution in [3.8, 4) is 56.4 Å². The van der Waals surface area contributed by atoms with Crippen LogP contribution in [0.2, 0.25) is 0 Å². The molecule has 0 aliphatic carbocycles. The third-order valence-corrected chi connectivity index (χ3v) is 9.37. The fourth-order valence-electron chi connectivity index (χ4n) is 6.90. The van der Waals surface area contributed by atoms with Gasteiger partial charge in [-0.05, 0) is 89.0 Å². The molecule has 0 aliphatic rings. The van der Waals surface area contributed by atoms with E-state index in [2.05, 4.69) is 88.8 Å². The monoisotopic (exact) mass is 653 g/mol. The Morgan fingerprint density at radius 1 is 0.373 bits per heavy atom. The molecule has 0 radical (unpaired) electrons. The van der Waals surface area contributed by atoms with E-state index in [9.17, 15) is 0 Å². The van der Waals surface area contributed by atoms with Gasteiger partial charge in [0.25, 0.3) is 0 Å². The SMILES string of the molecule is c1ccc(-c2nc(-c3cc(-c4ccc5ncccc5c4)cc(-c4ccc5ncccc5c4)c3)nc(-c3cccc4oc5ccccc5c34)n2)cc1. The standard InChI is InChI=1S/C45H27N5O/c1-2-9-28(10-3-1)43-48-44(50-45(49-43)37-14-6-16-41-42(37)36-13-4-5-15-40(36)51-41)35-26-33(29-17-19-38-31(23-29)11-7-21-46-38)25-34(27-35)30-18-20-39-32(24-30)12-8-22-47-39/h1-27H. The van der Waals surface area contributed by atoms with Crippen molar-refractivity contribution in [3.05, 3.63) is 164 Å². The summed E-state index contributed by atoms with van der Waals surface area (Å²) in [5.74, 6) is 1.76. The molecular formula is C45H27N5O. The van der Waals surface area contributed by atoms with Gasteiger partial charge in [0.05, 0.1) is 11.0 Å². The van der Waals surface area contributed by atoms with Gasteiger partial charge in [-0.25, -0.2) is 15.0 Å². The number of nitrogens with zero attached hydrogens (tertiary/aromatic N) is 5. The molecule has 0 atom stereocenters. The predicted molar refractivity (Wildman–Crippen MR) is 205 cm³/mol. The minimum Gasteiger partial charge on any atom is -0.456 e. The number of pyridine rings is 2. The van der Waals surface area contributed by atoms with Crippen LogP contribution in [0.3, 0.4) is 0 Å². The van der Waals surface area contributed by atoms with Crippen LogP contribution in [0.1, 0.15) is 0 Å². The second-order valence-electron chi connectivity index (χ2n) is 12.6. The molecule has 0 unspecified atom stereocenters. The van der Waals surface area contributed by atoms with E-state index in [1.807, 2.05) is 85.2 Å². The zero-order valence-electron chi connectivity index (χ0n) is 27.2. The van der Waals surface area contributed by atoms with Gasteiger partial charge in [-0.1, -0.05) is 84.9 Å². The Kier molecular flexibility index (Phi) is 6.70. The summed E-state index contributed by atoms with van der Waals surface area (Å²) in [4.78, 5) is 24.5. The van der Waals surface area contributed by atoms with E-state index in [1.165, 1.54) is 0 Å². The lowest BCUT2D eigenvalue weighted by Crippen LogP contribution is -2.01.